The third-order valence-corrected chi connectivity index (χ3v) is 2.65. The molecule has 0 N–H and O–H groups in total. The zero-order valence-corrected chi connectivity index (χ0v) is 11.1. The van der Waals surface area contributed by atoms with Crippen molar-refractivity contribution < 1.29 is 9.47 Å². The van der Waals surface area contributed by atoms with Crippen molar-refractivity contribution in [3.8, 4) is 6.07 Å². The minimum atomic E-state index is 0.173. The lowest BCUT2D eigenvalue weighted by atomic mass is 10.2. The highest BCUT2D eigenvalue weighted by Crippen LogP contribution is 2.15. The molecule has 0 aromatic carbocycles. The SMILES string of the molecule is COCCN(c1cc(C#N)ccn1)C(C)COC. The Balaban J connectivity index is 2.89. The van der Waals surface area contributed by atoms with E-state index >= 15 is 0 Å². The Hall–Kier alpha value is -1.64. The van der Waals surface area contributed by atoms with E-state index in [0.29, 0.717) is 25.3 Å². The second-order valence-corrected chi connectivity index (χ2v) is 4.01. The number of nitriles is 1. The summed E-state index contributed by atoms with van der Waals surface area (Å²) in [5.74, 6) is 0.774. The first-order chi connectivity index (χ1) is 8.72. The van der Waals surface area contributed by atoms with Gasteiger partial charge in [-0.25, -0.2) is 4.98 Å². The number of aromatic nitrogens is 1. The van der Waals surface area contributed by atoms with Crippen molar-refractivity contribution in [2.24, 2.45) is 0 Å². The van der Waals surface area contributed by atoms with E-state index in [4.69, 9.17) is 14.7 Å². The number of pyridine rings is 1. The fourth-order valence-electron chi connectivity index (χ4n) is 1.73. The van der Waals surface area contributed by atoms with Gasteiger partial charge in [0.2, 0.25) is 0 Å². The molecule has 0 aliphatic rings. The molecule has 1 unspecified atom stereocenters. The van der Waals surface area contributed by atoms with Crippen molar-refractivity contribution in [1.29, 1.82) is 5.26 Å². The second kappa shape index (κ2) is 7.64. The van der Waals surface area contributed by atoms with Gasteiger partial charge in [0.1, 0.15) is 5.82 Å². The van der Waals surface area contributed by atoms with Crippen LogP contribution < -0.4 is 4.90 Å². The minimum Gasteiger partial charge on any atom is -0.383 e. The van der Waals surface area contributed by atoms with Crippen LogP contribution in [-0.2, 0) is 9.47 Å². The highest BCUT2D eigenvalue weighted by molar-refractivity contribution is 5.45. The van der Waals surface area contributed by atoms with Gasteiger partial charge in [-0.2, -0.15) is 5.26 Å². The summed E-state index contributed by atoms with van der Waals surface area (Å²) >= 11 is 0. The lowest BCUT2D eigenvalue weighted by Crippen LogP contribution is -2.39. The molecule has 0 aliphatic carbocycles. The van der Waals surface area contributed by atoms with Crippen LogP contribution in [-0.4, -0.2) is 45.0 Å². The fraction of sp³-hybridized carbons (Fsp3) is 0.538. The predicted octanol–water partition coefficient (Wildman–Crippen LogP) is 1.44. The van der Waals surface area contributed by atoms with E-state index in [1.54, 1.807) is 32.5 Å². The maximum atomic E-state index is 8.92. The summed E-state index contributed by atoms with van der Waals surface area (Å²) in [5, 5.41) is 8.92. The summed E-state index contributed by atoms with van der Waals surface area (Å²) in [6.07, 6.45) is 1.65. The molecule has 1 heterocycles. The zero-order valence-electron chi connectivity index (χ0n) is 11.1. The Morgan fingerprint density at radius 1 is 1.44 bits per heavy atom. The average molecular weight is 249 g/mol. The van der Waals surface area contributed by atoms with Crippen LogP contribution in [0.3, 0.4) is 0 Å². The van der Waals surface area contributed by atoms with Gasteiger partial charge in [0.05, 0.1) is 30.9 Å². The quantitative estimate of drug-likeness (QED) is 0.732. The number of hydrogen-bond acceptors (Lipinski definition) is 5. The van der Waals surface area contributed by atoms with Gasteiger partial charge >= 0.3 is 0 Å². The van der Waals surface area contributed by atoms with Gasteiger partial charge in [-0.05, 0) is 19.1 Å². The Labute approximate surface area is 108 Å². The normalized spacial score (nSPS) is 11.9. The standard InChI is InChI=1S/C13H19N3O2/c1-11(10-18-3)16(6-7-17-2)13-8-12(9-14)4-5-15-13/h4-5,8,11H,6-7,10H2,1-3H3. The van der Waals surface area contributed by atoms with Crippen LogP contribution in [0.5, 0.6) is 0 Å². The van der Waals surface area contributed by atoms with Crippen molar-refractivity contribution in [2.45, 2.75) is 13.0 Å². The van der Waals surface area contributed by atoms with Crippen molar-refractivity contribution in [1.82, 2.24) is 4.98 Å². The largest absolute Gasteiger partial charge is 0.383 e. The number of ether oxygens (including phenoxy) is 2. The lowest BCUT2D eigenvalue weighted by Gasteiger charge is -2.29. The number of methoxy groups -OCH3 is 2. The summed E-state index contributed by atoms with van der Waals surface area (Å²) in [7, 11) is 3.34. The first kappa shape index (κ1) is 14.4. The molecule has 1 aromatic rings. The van der Waals surface area contributed by atoms with Crippen LogP contribution in [0, 0.1) is 11.3 Å². The van der Waals surface area contributed by atoms with Crippen molar-refractivity contribution in [3.05, 3.63) is 23.9 Å². The molecule has 0 saturated heterocycles. The topological polar surface area (TPSA) is 58.4 Å². The molecule has 5 nitrogen and oxygen atoms in total. The molecule has 1 rings (SSSR count). The van der Waals surface area contributed by atoms with Crippen LogP contribution in [0.25, 0.3) is 0 Å². The fourth-order valence-corrected chi connectivity index (χ4v) is 1.73. The molecule has 0 amide bonds. The van der Waals surface area contributed by atoms with Crippen LogP contribution in [0.1, 0.15) is 12.5 Å². The summed E-state index contributed by atoms with van der Waals surface area (Å²) in [6.45, 7) is 3.97. The smallest absolute Gasteiger partial charge is 0.130 e. The molecule has 0 radical (unpaired) electrons. The molecule has 0 spiro atoms. The van der Waals surface area contributed by atoms with Crippen molar-refractivity contribution in [2.75, 3.05) is 38.9 Å². The van der Waals surface area contributed by atoms with Crippen molar-refractivity contribution >= 4 is 5.82 Å². The summed E-state index contributed by atoms with van der Waals surface area (Å²) in [4.78, 5) is 6.38. The molecule has 98 valence electrons. The van der Waals surface area contributed by atoms with Gasteiger partial charge in [0.15, 0.2) is 0 Å². The molecular formula is C13H19N3O2. The summed E-state index contributed by atoms with van der Waals surface area (Å²) in [5.41, 5.74) is 0.604. The molecule has 0 aliphatic heterocycles. The van der Waals surface area contributed by atoms with E-state index in [-0.39, 0.29) is 6.04 Å². The molecule has 0 fully saturated rings. The van der Waals surface area contributed by atoms with Gasteiger partial charge in [-0.15, -0.1) is 0 Å². The second-order valence-electron chi connectivity index (χ2n) is 4.01. The number of hydrogen-bond donors (Lipinski definition) is 0. The number of nitrogens with zero attached hydrogens (tertiary/aromatic N) is 3. The van der Waals surface area contributed by atoms with E-state index < -0.39 is 0 Å². The third-order valence-electron chi connectivity index (χ3n) is 2.65. The van der Waals surface area contributed by atoms with Crippen LogP contribution >= 0.6 is 0 Å². The summed E-state index contributed by atoms with van der Waals surface area (Å²) in [6, 6.07) is 5.77. The van der Waals surface area contributed by atoms with E-state index in [1.165, 1.54) is 0 Å². The minimum absolute atomic E-state index is 0.173. The molecular weight excluding hydrogens is 230 g/mol. The first-order valence-electron chi connectivity index (χ1n) is 5.83. The van der Waals surface area contributed by atoms with Gasteiger partial charge in [0, 0.05) is 27.0 Å². The number of anilines is 1. The van der Waals surface area contributed by atoms with E-state index in [1.807, 2.05) is 0 Å². The molecule has 1 atom stereocenters. The number of rotatable bonds is 7. The van der Waals surface area contributed by atoms with Crippen LogP contribution in [0.15, 0.2) is 18.3 Å². The molecule has 18 heavy (non-hydrogen) atoms. The van der Waals surface area contributed by atoms with Gasteiger partial charge in [-0.1, -0.05) is 0 Å². The lowest BCUT2D eigenvalue weighted by molar-refractivity contribution is 0.170. The maximum absolute atomic E-state index is 8.92. The van der Waals surface area contributed by atoms with E-state index in [9.17, 15) is 0 Å². The Bertz CT molecular complexity index is 403. The highest BCUT2D eigenvalue weighted by atomic mass is 16.5. The van der Waals surface area contributed by atoms with Gasteiger partial charge in [0.25, 0.3) is 0 Å². The van der Waals surface area contributed by atoms with Crippen LogP contribution in [0.4, 0.5) is 5.82 Å². The first-order valence-corrected chi connectivity index (χ1v) is 5.83. The van der Waals surface area contributed by atoms with Gasteiger partial charge < -0.3 is 14.4 Å². The highest BCUT2D eigenvalue weighted by Gasteiger charge is 2.15. The average Bonchev–Trinajstić information content (AvgIpc) is 2.40. The zero-order chi connectivity index (χ0) is 13.4. The van der Waals surface area contributed by atoms with Gasteiger partial charge in [-0.3, -0.25) is 0 Å². The Morgan fingerprint density at radius 3 is 2.83 bits per heavy atom. The van der Waals surface area contributed by atoms with E-state index in [0.717, 1.165) is 5.82 Å². The Kier molecular flexibility index (Phi) is 6.12. The molecule has 0 bridgehead atoms. The molecule has 1 aromatic heterocycles. The molecule has 0 saturated carbocycles. The van der Waals surface area contributed by atoms with Crippen LogP contribution in [0.2, 0.25) is 0 Å². The summed E-state index contributed by atoms with van der Waals surface area (Å²) < 4.78 is 10.3. The van der Waals surface area contributed by atoms with E-state index in [2.05, 4.69) is 22.9 Å². The third kappa shape index (κ3) is 3.99. The maximum Gasteiger partial charge on any atom is 0.130 e. The predicted molar refractivity (Wildman–Crippen MR) is 69.5 cm³/mol. The monoisotopic (exact) mass is 249 g/mol. The van der Waals surface area contributed by atoms with Crippen molar-refractivity contribution in [3.63, 3.8) is 0 Å². The molecule has 5 heteroatoms. The Morgan fingerprint density at radius 2 is 2.22 bits per heavy atom.